The summed E-state index contributed by atoms with van der Waals surface area (Å²) in [5.74, 6) is -1.53. The van der Waals surface area contributed by atoms with Gasteiger partial charge in [0.1, 0.15) is 34.7 Å². The fourth-order valence-corrected chi connectivity index (χ4v) is 9.06. The van der Waals surface area contributed by atoms with Crippen molar-refractivity contribution in [2.75, 3.05) is 18.6 Å². The Kier molecular flexibility index (Phi) is 9.16. The number of anilines is 1. The predicted octanol–water partition coefficient (Wildman–Crippen LogP) is 4.02. The molecule has 2 aliphatic heterocycles. The second-order valence-electron chi connectivity index (χ2n) is 10.3. The van der Waals surface area contributed by atoms with Crippen molar-refractivity contribution in [2.24, 2.45) is 5.16 Å². The van der Waals surface area contributed by atoms with Crippen molar-refractivity contribution in [3.8, 4) is 5.75 Å². The van der Waals surface area contributed by atoms with Crippen LogP contribution in [0.5, 0.6) is 5.75 Å². The van der Waals surface area contributed by atoms with Gasteiger partial charge in [-0.25, -0.2) is 9.78 Å². The van der Waals surface area contributed by atoms with Gasteiger partial charge in [-0.05, 0) is 60.9 Å². The number of hydrogen-bond acceptors (Lipinski definition) is 13. The van der Waals surface area contributed by atoms with Crippen molar-refractivity contribution in [1.29, 1.82) is 0 Å². The molecule has 3 aromatic rings. The normalized spacial score (nSPS) is 20.4. The second-order valence-corrected chi connectivity index (χ2v) is 14.6. The van der Waals surface area contributed by atoms with Crippen LogP contribution in [-0.2, 0) is 19.2 Å². The summed E-state index contributed by atoms with van der Waals surface area (Å²) in [5.41, 5.74) is 6.09. The van der Waals surface area contributed by atoms with Crippen LogP contribution in [0.2, 0.25) is 0 Å². The number of fused-ring (bicyclic) bond motifs is 2. The van der Waals surface area contributed by atoms with Crippen molar-refractivity contribution in [1.82, 2.24) is 15.2 Å². The first-order valence-corrected chi connectivity index (χ1v) is 17.5. The molecule has 45 heavy (non-hydrogen) atoms. The Bertz CT molecular complexity index is 1830. The Morgan fingerprint density at radius 2 is 2.04 bits per heavy atom. The van der Waals surface area contributed by atoms with Gasteiger partial charge in [0.2, 0.25) is 0 Å². The molecule has 1 unspecified atom stereocenters. The van der Waals surface area contributed by atoms with E-state index in [2.05, 4.69) is 15.5 Å². The lowest BCUT2D eigenvalue weighted by atomic mass is 10.0. The molecule has 16 heteroatoms. The molecule has 4 N–H and O–H groups in total. The van der Waals surface area contributed by atoms with Crippen LogP contribution < -0.4 is 21.2 Å². The number of carboxylic acids is 1. The summed E-state index contributed by atoms with van der Waals surface area (Å²) in [7, 11) is 1.56. The first kappa shape index (κ1) is 31.1. The molecular weight excluding hydrogens is 659 g/mol. The molecule has 2 fully saturated rings. The highest BCUT2D eigenvalue weighted by atomic mass is 32.2. The molecule has 12 nitrogen and oxygen atoms in total. The first-order chi connectivity index (χ1) is 21.7. The average Bonchev–Trinajstić information content (AvgIpc) is 3.71. The zero-order valence-electron chi connectivity index (χ0n) is 23.8. The molecule has 6 rings (SSSR count). The van der Waals surface area contributed by atoms with Gasteiger partial charge in [-0.3, -0.25) is 19.3 Å². The van der Waals surface area contributed by atoms with Gasteiger partial charge in [0, 0.05) is 27.3 Å². The predicted molar refractivity (Wildman–Crippen MR) is 176 cm³/mol. The lowest BCUT2D eigenvalue weighted by Gasteiger charge is -2.49. The number of nitrogens with one attached hydrogen (secondary N) is 1. The quantitative estimate of drug-likeness (QED) is 0.122. The highest BCUT2D eigenvalue weighted by Gasteiger charge is 2.54. The van der Waals surface area contributed by atoms with Crippen LogP contribution >= 0.6 is 46.2 Å². The number of benzene rings is 1. The van der Waals surface area contributed by atoms with Crippen LogP contribution in [0.3, 0.4) is 0 Å². The Morgan fingerprint density at radius 3 is 2.76 bits per heavy atom. The number of aliphatic carboxylic acids is 1. The van der Waals surface area contributed by atoms with Gasteiger partial charge in [-0.2, -0.15) is 0 Å². The third-order valence-corrected chi connectivity index (χ3v) is 11.4. The molecule has 1 saturated carbocycles. The maximum Gasteiger partial charge on any atom is 0.352 e. The molecule has 2 atom stereocenters. The minimum Gasteiger partial charge on any atom is -0.497 e. The molecule has 4 heterocycles. The van der Waals surface area contributed by atoms with Crippen LogP contribution in [0.25, 0.3) is 10.1 Å². The Hall–Kier alpha value is -3.86. The number of rotatable bonds is 10. The fraction of sp³-hybridized carbons (Fsp3) is 0.310. The van der Waals surface area contributed by atoms with E-state index < -0.39 is 29.2 Å². The summed E-state index contributed by atoms with van der Waals surface area (Å²) < 4.78 is 6.76. The number of thioether (sulfide) groups is 2. The largest absolute Gasteiger partial charge is 0.497 e. The van der Waals surface area contributed by atoms with Gasteiger partial charge in [0.15, 0.2) is 16.3 Å². The van der Waals surface area contributed by atoms with Crippen LogP contribution in [-0.4, -0.2) is 68.9 Å². The zero-order valence-corrected chi connectivity index (χ0v) is 27.0. The van der Waals surface area contributed by atoms with E-state index in [0.717, 1.165) is 45.9 Å². The van der Waals surface area contributed by atoms with E-state index in [4.69, 9.17) is 15.3 Å². The molecule has 1 aliphatic carbocycles. The molecule has 3 aliphatic rings. The number of nitrogens with zero attached hydrogens (tertiary/aromatic N) is 3. The number of oxime groups is 1. The molecule has 234 valence electrons. The van der Waals surface area contributed by atoms with Gasteiger partial charge < -0.3 is 25.7 Å². The fourth-order valence-electron chi connectivity index (χ4n) is 5.18. The van der Waals surface area contributed by atoms with E-state index in [0.29, 0.717) is 22.5 Å². The molecule has 0 bridgehead atoms. The third-order valence-electron chi connectivity index (χ3n) is 7.43. The smallest absolute Gasteiger partial charge is 0.352 e. The van der Waals surface area contributed by atoms with E-state index in [1.54, 1.807) is 42.2 Å². The van der Waals surface area contributed by atoms with Crippen molar-refractivity contribution in [3.05, 3.63) is 68.3 Å². The van der Waals surface area contributed by atoms with Crippen molar-refractivity contribution in [3.63, 3.8) is 0 Å². The van der Waals surface area contributed by atoms with E-state index in [1.807, 2.05) is 0 Å². The Balaban J connectivity index is 1.17. The highest BCUT2D eigenvalue weighted by molar-refractivity contribution is 8.04. The number of carboxylic acid groups (broad SMARTS) is 1. The average molecular weight is 686 g/mol. The van der Waals surface area contributed by atoms with Gasteiger partial charge in [0.25, 0.3) is 11.8 Å². The summed E-state index contributed by atoms with van der Waals surface area (Å²) in [6, 6.07) is 5.83. The van der Waals surface area contributed by atoms with Crippen molar-refractivity contribution < 1.29 is 29.1 Å². The lowest BCUT2D eigenvalue weighted by molar-refractivity contribution is -0.150. The molecule has 1 aromatic carbocycles. The number of methoxy groups -OCH3 is 1. The highest BCUT2D eigenvalue weighted by Crippen LogP contribution is 2.41. The van der Waals surface area contributed by atoms with E-state index in [9.17, 15) is 24.3 Å². The number of thiazole rings is 1. The number of carbonyl (C=O) groups excluding carboxylic acids is 2. The van der Waals surface area contributed by atoms with Crippen LogP contribution in [0.4, 0.5) is 5.13 Å². The monoisotopic (exact) mass is 685 g/mol. The van der Waals surface area contributed by atoms with Crippen LogP contribution in [0, 0.1) is 0 Å². The number of hydrogen-bond donors (Lipinski definition) is 3. The number of β-lactam (4-membered cyclic amide) rings is 1. The summed E-state index contributed by atoms with van der Waals surface area (Å²) >= 11 is 5.18. The summed E-state index contributed by atoms with van der Waals surface area (Å²) in [6.07, 6.45) is 5.26. The summed E-state index contributed by atoms with van der Waals surface area (Å²) in [4.78, 5) is 62.5. The minimum atomic E-state index is -1.25. The first-order valence-electron chi connectivity index (χ1n) is 13.9. The van der Waals surface area contributed by atoms with Gasteiger partial charge in [-0.15, -0.1) is 34.4 Å². The number of amides is 2. The molecule has 0 spiro atoms. The van der Waals surface area contributed by atoms with Crippen molar-refractivity contribution in [2.45, 2.75) is 47.4 Å². The van der Waals surface area contributed by atoms with Gasteiger partial charge in [-0.1, -0.05) is 16.9 Å². The third kappa shape index (κ3) is 6.45. The molecule has 2 aromatic heterocycles. The van der Waals surface area contributed by atoms with E-state index >= 15 is 0 Å². The second kappa shape index (κ2) is 13.2. The van der Waals surface area contributed by atoms with Gasteiger partial charge in [0.05, 0.1) is 11.3 Å². The van der Waals surface area contributed by atoms with E-state index in [-0.39, 0.29) is 33.8 Å². The van der Waals surface area contributed by atoms with E-state index in [1.165, 1.54) is 45.8 Å². The number of ether oxygens (including phenoxy) is 1. The molecule has 0 radical (unpaired) electrons. The maximum absolute atomic E-state index is 13.3. The SMILES string of the molecule is COc1ccc2c(=O)cc(SC=CC3=C(C(=O)O)N4C(=O)C(NC(=O)C(=NOC5CCCC5)c5csc(N)n5)[C@H]4SC3)sc2c1. The number of aromatic nitrogens is 1. The van der Waals surface area contributed by atoms with Crippen LogP contribution in [0.15, 0.2) is 66.6 Å². The molecule has 2 amide bonds. The zero-order chi connectivity index (χ0) is 31.7. The number of nitrogens with two attached hydrogens (primary N) is 1. The van der Waals surface area contributed by atoms with Gasteiger partial charge >= 0.3 is 5.97 Å². The molecular formula is C29H27N5O7S4. The maximum atomic E-state index is 13.3. The van der Waals surface area contributed by atoms with Crippen molar-refractivity contribution >= 4 is 84.9 Å². The molecule has 1 saturated heterocycles. The Morgan fingerprint density at radius 1 is 1.24 bits per heavy atom. The summed E-state index contributed by atoms with van der Waals surface area (Å²) in [5, 5.41) is 20.4. The minimum absolute atomic E-state index is 0.0917. The standard InChI is InChI=1S/C29H27N5O7S4/c1-40-16-6-7-17-19(35)11-21(45-20(17)10-16)42-9-8-14-12-43-27-23(26(37)34(27)24(14)28(38)39)32-25(36)22(18-13-44-29(30)31-18)33-41-15-4-2-3-5-15/h6-11,13,15,23,27H,2-5,12H2,1H3,(H2,30,31)(H,32,36)(H,38,39)/t23?,27-/m1/s1. The van der Waals surface area contributed by atoms with Crippen LogP contribution in [0.1, 0.15) is 31.4 Å². The topological polar surface area (TPSA) is 174 Å². The number of allylic oxidation sites excluding steroid dienone is 1. The number of carbonyl (C=O) groups is 3. The summed E-state index contributed by atoms with van der Waals surface area (Å²) in [6.45, 7) is 0. The lowest BCUT2D eigenvalue weighted by Crippen LogP contribution is -2.71. The number of nitrogen functional groups attached to an aromatic ring is 1. The Labute approximate surface area is 273 Å².